The normalized spacial score (nSPS) is 20.4. The number of anilines is 1. The summed E-state index contributed by atoms with van der Waals surface area (Å²) in [6.45, 7) is 4.31. The van der Waals surface area contributed by atoms with Crippen LogP contribution in [0.3, 0.4) is 0 Å². The maximum Gasteiger partial charge on any atom is 0.138 e. The van der Waals surface area contributed by atoms with E-state index in [1.54, 1.807) is 0 Å². The number of rotatable bonds is 3. The second-order valence-electron chi connectivity index (χ2n) is 4.11. The Morgan fingerprint density at radius 2 is 2.31 bits per heavy atom. The highest BCUT2D eigenvalue weighted by Gasteiger charge is 2.24. The molecule has 5 heteroatoms. The van der Waals surface area contributed by atoms with Gasteiger partial charge in [-0.25, -0.2) is 9.97 Å². The molecule has 88 valence electrons. The summed E-state index contributed by atoms with van der Waals surface area (Å²) in [6.07, 6.45) is 3.94. The van der Waals surface area contributed by atoms with Crippen molar-refractivity contribution >= 4 is 29.0 Å². The zero-order chi connectivity index (χ0) is 11.5. The Bertz CT molecular complexity index is 370. The Kier molecular flexibility index (Phi) is 3.87. The van der Waals surface area contributed by atoms with Crippen molar-refractivity contribution in [3.63, 3.8) is 0 Å². The summed E-state index contributed by atoms with van der Waals surface area (Å²) >= 11 is 11.9. The van der Waals surface area contributed by atoms with Gasteiger partial charge in [0.15, 0.2) is 0 Å². The van der Waals surface area contributed by atoms with Crippen molar-refractivity contribution in [3.8, 4) is 0 Å². The van der Waals surface area contributed by atoms with Crippen molar-refractivity contribution in [1.29, 1.82) is 0 Å². The first-order chi connectivity index (χ1) is 7.76. The molecule has 1 aliphatic rings. The second kappa shape index (κ2) is 5.19. The minimum Gasteiger partial charge on any atom is -0.356 e. The van der Waals surface area contributed by atoms with Gasteiger partial charge >= 0.3 is 0 Å². The van der Waals surface area contributed by atoms with Crippen LogP contribution in [0.5, 0.6) is 0 Å². The first kappa shape index (κ1) is 11.9. The highest BCUT2D eigenvalue weighted by atomic mass is 35.5. The summed E-state index contributed by atoms with van der Waals surface area (Å²) in [5.74, 6) is 2.03. The van der Waals surface area contributed by atoms with Gasteiger partial charge in [0.2, 0.25) is 0 Å². The number of aromatic nitrogens is 2. The summed E-state index contributed by atoms with van der Waals surface area (Å²) in [4.78, 5) is 10.5. The molecule has 2 rings (SSSR count). The lowest BCUT2D eigenvalue weighted by Gasteiger charge is -2.20. The number of nitrogens with zero attached hydrogens (tertiary/aromatic N) is 3. The van der Waals surface area contributed by atoms with Gasteiger partial charge in [0.1, 0.15) is 17.3 Å². The molecule has 0 N–H and O–H groups in total. The Morgan fingerprint density at radius 3 is 2.94 bits per heavy atom. The van der Waals surface area contributed by atoms with Gasteiger partial charge in [0.05, 0.1) is 5.88 Å². The first-order valence-electron chi connectivity index (χ1n) is 5.56. The van der Waals surface area contributed by atoms with Gasteiger partial charge in [0, 0.05) is 18.7 Å². The minimum absolute atomic E-state index is 0.363. The van der Waals surface area contributed by atoms with Gasteiger partial charge in [-0.2, -0.15) is 0 Å². The third-order valence-electron chi connectivity index (χ3n) is 3.17. The zero-order valence-electron chi connectivity index (χ0n) is 9.29. The van der Waals surface area contributed by atoms with Gasteiger partial charge in [-0.05, 0) is 12.3 Å². The SMILES string of the molecule is CCC1CCN(c2ncnc(Cl)c2CCl)C1. The molecule has 1 aliphatic heterocycles. The van der Waals surface area contributed by atoms with Crippen LogP contribution < -0.4 is 4.90 Å². The van der Waals surface area contributed by atoms with E-state index in [-0.39, 0.29) is 0 Å². The van der Waals surface area contributed by atoms with E-state index in [1.807, 2.05) is 0 Å². The van der Waals surface area contributed by atoms with Crippen molar-refractivity contribution in [2.45, 2.75) is 25.6 Å². The summed E-state index contributed by atoms with van der Waals surface area (Å²) < 4.78 is 0. The van der Waals surface area contributed by atoms with E-state index in [9.17, 15) is 0 Å². The molecule has 0 radical (unpaired) electrons. The van der Waals surface area contributed by atoms with Crippen LogP contribution in [0.15, 0.2) is 6.33 Å². The van der Waals surface area contributed by atoms with Crippen LogP contribution in [0.25, 0.3) is 0 Å². The van der Waals surface area contributed by atoms with Gasteiger partial charge in [-0.15, -0.1) is 11.6 Å². The van der Waals surface area contributed by atoms with Crippen LogP contribution in [-0.2, 0) is 5.88 Å². The van der Waals surface area contributed by atoms with Crippen LogP contribution in [0.2, 0.25) is 5.15 Å². The molecule has 0 amide bonds. The molecule has 2 heterocycles. The lowest BCUT2D eigenvalue weighted by Crippen LogP contribution is -2.22. The topological polar surface area (TPSA) is 29.0 Å². The van der Waals surface area contributed by atoms with E-state index >= 15 is 0 Å². The average Bonchev–Trinajstić information content (AvgIpc) is 2.77. The van der Waals surface area contributed by atoms with Crippen LogP contribution in [0.4, 0.5) is 5.82 Å². The predicted molar refractivity (Wildman–Crippen MR) is 67.2 cm³/mol. The van der Waals surface area contributed by atoms with E-state index in [0.717, 1.165) is 30.4 Å². The molecule has 0 aromatic carbocycles. The van der Waals surface area contributed by atoms with Gasteiger partial charge in [-0.3, -0.25) is 0 Å². The summed E-state index contributed by atoms with van der Waals surface area (Å²) in [6, 6.07) is 0. The van der Waals surface area contributed by atoms with Crippen LogP contribution >= 0.6 is 23.2 Å². The Balaban J connectivity index is 2.24. The van der Waals surface area contributed by atoms with Gasteiger partial charge in [-0.1, -0.05) is 24.9 Å². The fourth-order valence-electron chi connectivity index (χ4n) is 2.13. The summed E-state index contributed by atoms with van der Waals surface area (Å²) in [7, 11) is 0. The molecule has 3 nitrogen and oxygen atoms in total. The minimum atomic E-state index is 0.363. The molecule has 0 spiro atoms. The lowest BCUT2D eigenvalue weighted by atomic mass is 10.1. The number of hydrogen-bond acceptors (Lipinski definition) is 3. The maximum absolute atomic E-state index is 6.02. The third kappa shape index (κ3) is 2.25. The average molecular weight is 260 g/mol. The third-order valence-corrected chi connectivity index (χ3v) is 3.76. The first-order valence-corrected chi connectivity index (χ1v) is 6.47. The van der Waals surface area contributed by atoms with Crippen molar-refractivity contribution in [1.82, 2.24) is 9.97 Å². The van der Waals surface area contributed by atoms with Crippen molar-refractivity contribution in [2.24, 2.45) is 5.92 Å². The number of alkyl halides is 1. The van der Waals surface area contributed by atoms with Crippen LogP contribution in [0.1, 0.15) is 25.3 Å². The van der Waals surface area contributed by atoms with Gasteiger partial charge < -0.3 is 4.90 Å². The van der Waals surface area contributed by atoms with Crippen LogP contribution in [0, 0.1) is 5.92 Å². The molecule has 0 saturated carbocycles. The smallest absolute Gasteiger partial charge is 0.138 e. The summed E-state index contributed by atoms with van der Waals surface area (Å²) in [5, 5.41) is 0.472. The van der Waals surface area contributed by atoms with Gasteiger partial charge in [0.25, 0.3) is 0 Å². The maximum atomic E-state index is 6.02. The molecule has 16 heavy (non-hydrogen) atoms. The fraction of sp³-hybridized carbons (Fsp3) is 0.636. The Morgan fingerprint density at radius 1 is 1.50 bits per heavy atom. The molecule has 0 bridgehead atoms. The molecular weight excluding hydrogens is 245 g/mol. The van der Waals surface area contributed by atoms with E-state index in [0.29, 0.717) is 11.0 Å². The largest absolute Gasteiger partial charge is 0.356 e. The highest BCUT2D eigenvalue weighted by molar-refractivity contribution is 6.31. The fourth-order valence-corrected chi connectivity index (χ4v) is 2.64. The molecule has 1 fully saturated rings. The van der Waals surface area contributed by atoms with E-state index in [2.05, 4.69) is 21.8 Å². The summed E-state index contributed by atoms with van der Waals surface area (Å²) in [5.41, 5.74) is 0.850. The Hall–Kier alpha value is -0.540. The molecule has 1 saturated heterocycles. The standard InChI is InChI=1S/C11H15Cl2N3/c1-2-8-3-4-16(6-8)11-9(5-12)10(13)14-7-15-11/h7-8H,2-6H2,1H3. The quantitative estimate of drug-likeness (QED) is 0.617. The molecular formula is C11H15Cl2N3. The van der Waals surface area contributed by atoms with E-state index < -0.39 is 0 Å². The predicted octanol–water partition coefficient (Wildman–Crippen LogP) is 3.11. The molecule has 1 unspecified atom stereocenters. The van der Waals surface area contributed by atoms with Crippen molar-refractivity contribution < 1.29 is 0 Å². The Labute approximate surface area is 106 Å². The second-order valence-corrected chi connectivity index (χ2v) is 4.73. The van der Waals surface area contributed by atoms with Crippen LogP contribution in [-0.4, -0.2) is 23.1 Å². The van der Waals surface area contributed by atoms with Crippen molar-refractivity contribution in [3.05, 3.63) is 17.0 Å². The van der Waals surface area contributed by atoms with Crippen molar-refractivity contribution in [2.75, 3.05) is 18.0 Å². The molecule has 0 aliphatic carbocycles. The monoisotopic (exact) mass is 259 g/mol. The molecule has 1 atom stereocenters. The molecule has 1 aromatic rings. The number of halogens is 2. The molecule has 1 aromatic heterocycles. The lowest BCUT2D eigenvalue weighted by molar-refractivity contribution is 0.568. The zero-order valence-corrected chi connectivity index (χ0v) is 10.8. The number of hydrogen-bond donors (Lipinski definition) is 0. The van der Waals surface area contributed by atoms with E-state index in [1.165, 1.54) is 19.2 Å². The highest BCUT2D eigenvalue weighted by Crippen LogP contribution is 2.30. The van der Waals surface area contributed by atoms with E-state index in [4.69, 9.17) is 23.2 Å².